The first-order valence-corrected chi connectivity index (χ1v) is 9.51. The highest BCUT2D eigenvalue weighted by Crippen LogP contribution is 2.24. The highest BCUT2D eigenvalue weighted by molar-refractivity contribution is 7.92. The van der Waals surface area contributed by atoms with Crippen LogP contribution in [0.25, 0.3) is 0 Å². The molecule has 9 heteroatoms. The van der Waals surface area contributed by atoms with Gasteiger partial charge in [-0.1, -0.05) is 0 Å². The minimum atomic E-state index is -3.81. The molecular weight excluding hydrogens is 375 g/mol. The lowest BCUT2D eigenvalue weighted by Gasteiger charge is -2.19. The first kappa shape index (κ1) is 20.7. The van der Waals surface area contributed by atoms with Crippen LogP contribution in [0.4, 0.5) is 10.1 Å². The van der Waals surface area contributed by atoms with Crippen LogP contribution in [-0.4, -0.2) is 48.2 Å². The third kappa shape index (κ3) is 5.66. The predicted molar refractivity (Wildman–Crippen MR) is 98.8 cm³/mol. The molecule has 0 radical (unpaired) electrons. The van der Waals surface area contributed by atoms with Crippen LogP contribution in [0.2, 0.25) is 0 Å². The van der Waals surface area contributed by atoms with Crippen LogP contribution in [0.5, 0.6) is 5.75 Å². The molecule has 0 aliphatic heterocycles. The summed E-state index contributed by atoms with van der Waals surface area (Å²) >= 11 is 0. The molecule has 1 amide bonds. The van der Waals surface area contributed by atoms with Crippen molar-refractivity contribution in [2.24, 2.45) is 0 Å². The molecule has 0 heterocycles. The summed E-state index contributed by atoms with van der Waals surface area (Å²) in [7, 11) is -0.871. The molecule has 0 atom stereocenters. The Hall–Kier alpha value is -2.65. The summed E-state index contributed by atoms with van der Waals surface area (Å²) in [6, 6.07) is 10.8. The second-order valence-corrected chi connectivity index (χ2v) is 7.52. The van der Waals surface area contributed by atoms with Crippen LogP contribution >= 0.6 is 0 Å². The van der Waals surface area contributed by atoms with Gasteiger partial charge in [-0.05, 0) is 48.5 Å². The Bertz CT molecular complexity index is 854. The van der Waals surface area contributed by atoms with E-state index in [2.05, 4.69) is 5.32 Å². The fraction of sp³-hybridized carbons (Fsp3) is 0.278. The lowest BCUT2D eigenvalue weighted by atomic mass is 10.3. The molecule has 146 valence electrons. The molecule has 2 aromatic carbocycles. The number of methoxy groups -OCH3 is 1. The first-order valence-electron chi connectivity index (χ1n) is 8.07. The van der Waals surface area contributed by atoms with Gasteiger partial charge in [-0.25, -0.2) is 12.8 Å². The Balaban J connectivity index is 1.99. The number of hydrogen-bond donors (Lipinski definition) is 1. The van der Waals surface area contributed by atoms with Crippen molar-refractivity contribution in [2.45, 2.75) is 4.90 Å². The van der Waals surface area contributed by atoms with Crippen LogP contribution in [0, 0.1) is 5.82 Å². The number of nitrogens with zero attached hydrogens (tertiary/aromatic N) is 1. The van der Waals surface area contributed by atoms with Crippen LogP contribution in [0.3, 0.4) is 0 Å². The number of anilines is 1. The average molecular weight is 396 g/mol. The Kier molecular flexibility index (Phi) is 7.14. The molecule has 0 saturated heterocycles. The van der Waals surface area contributed by atoms with Gasteiger partial charge < -0.3 is 14.8 Å². The van der Waals surface area contributed by atoms with Gasteiger partial charge in [-0.15, -0.1) is 0 Å². The standard InChI is InChI=1S/C18H21FN2O5S/c1-21(27(23,24)17-9-3-14(19)4-10-17)15-5-7-16(8-6-15)26-13-18(22)20-11-12-25-2/h3-10H,11-13H2,1-2H3,(H,20,22). The molecule has 27 heavy (non-hydrogen) atoms. The van der Waals surface area contributed by atoms with Crippen molar-refractivity contribution in [2.75, 3.05) is 38.2 Å². The zero-order valence-electron chi connectivity index (χ0n) is 15.0. The second-order valence-electron chi connectivity index (χ2n) is 5.55. The second kappa shape index (κ2) is 9.33. The number of halogens is 1. The molecule has 1 N–H and O–H groups in total. The maximum absolute atomic E-state index is 13.0. The van der Waals surface area contributed by atoms with E-state index < -0.39 is 15.8 Å². The van der Waals surface area contributed by atoms with Crippen LogP contribution in [0.1, 0.15) is 0 Å². The van der Waals surface area contributed by atoms with Gasteiger partial charge in [-0.2, -0.15) is 0 Å². The van der Waals surface area contributed by atoms with E-state index in [-0.39, 0.29) is 17.4 Å². The van der Waals surface area contributed by atoms with E-state index in [4.69, 9.17) is 9.47 Å². The van der Waals surface area contributed by atoms with E-state index in [1.54, 1.807) is 24.3 Å². The van der Waals surface area contributed by atoms with Gasteiger partial charge in [0.2, 0.25) is 0 Å². The van der Waals surface area contributed by atoms with Crippen LogP contribution in [0.15, 0.2) is 53.4 Å². The molecule has 0 bridgehead atoms. The number of ether oxygens (including phenoxy) is 2. The predicted octanol–water partition coefficient (Wildman–Crippen LogP) is 1.79. The third-order valence-corrected chi connectivity index (χ3v) is 5.47. The highest BCUT2D eigenvalue weighted by Gasteiger charge is 2.21. The number of hydrogen-bond acceptors (Lipinski definition) is 5. The topological polar surface area (TPSA) is 84.9 Å². The fourth-order valence-corrected chi connectivity index (χ4v) is 3.34. The zero-order valence-corrected chi connectivity index (χ0v) is 15.8. The smallest absolute Gasteiger partial charge is 0.264 e. The summed E-state index contributed by atoms with van der Waals surface area (Å²) in [6.45, 7) is 0.645. The monoisotopic (exact) mass is 396 g/mol. The molecule has 0 aliphatic rings. The maximum atomic E-state index is 13.0. The van der Waals surface area contributed by atoms with Crippen molar-refractivity contribution in [3.05, 3.63) is 54.3 Å². The van der Waals surface area contributed by atoms with E-state index in [1.807, 2.05) is 0 Å². The molecular formula is C18H21FN2O5S. The lowest BCUT2D eigenvalue weighted by molar-refractivity contribution is -0.123. The summed E-state index contributed by atoms with van der Waals surface area (Å²) < 4.78 is 49.4. The quantitative estimate of drug-likeness (QED) is 0.654. The SMILES string of the molecule is COCCNC(=O)COc1ccc(N(C)S(=O)(=O)c2ccc(F)cc2)cc1. The van der Waals surface area contributed by atoms with Gasteiger partial charge in [0.1, 0.15) is 11.6 Å². The number of benzene rings is 2. The van der Waals surface area contributed by atoms with Crippen molar-refractivity contribution in [1.82, 2.24) is 5.32 Å². The van der Waals surface area contributed by atoms with Crippen LogP contribution in [-0.2, 0) is 19.6 Å². The Morgan fingerprint density at radius 3 is 2.33 bits per heavy atom. The van der Waals surface area contributed by atoms with Crippen LogP contribution < -0.4 is 14.4 Å². The molecule has 0 aromatic heterocycles. The van der Waals surface area contributed by atoms with E-state index in [1.165, 1.54) is 26.3 Å². The molecule has 2 aromatic rings. The molecule has 0 spiro atoms. The van der Waals surface area contributed by atoms with Gasteiger partial charge in [0.15, 0.2) is 6.61 Å². The third-order valence-electron chi connectivity index (χ3n) is 3.67. The number of nitrogens with one attached hydrogen (secondary N) is 1. The van der Waals surface area contributed by atoms with E-state index in [0.29, 0.717) is 24.6 Å². The molecule has 0 fully saturated rings. The highest BCUT2D eigenvalue weighted by atomic mass is 32.2. The minimum Gasteiger partial charge on any atom is -0.484 e. The van der Waals surface area contributed by atoms with Gasteiger partial charge in [0.05, 0.1) is 17.2 Å². The average Bonchev–Trinajstić information content (AvgIpc) is 2.67. The fourth-order valence-electron chi connectivity index (χ4n) is 2.15. The molecule has 2 rings (SSSR count). The maximum Gasteiger partial charge on any atom is 0.264 e. The number of carbonyl (C=O) groups is 1. The first-order chi connectivity index (χ1) is 12.8. The van der Waals surface area contributed by atoms with E-state index in [0.717, 1.165) is 16.4 Å². The van der Waals surface area contributed by atoms with Crippen molar-refractivity contribution in [3.63, 3.8) is 0 Å². The normalized spacial score (nSPS) is 11.1. The van der Waals surface area contributed by atoms with Crippen molar-refractivity contribution in [1.29, 1.82) is 0 Å². The van der Waals surface area contributed by atoms with Gasteiger partial charge >= 0.3 is 0 Å². The Labute approximate surface area is 157 Å². The molecule has 7 nitrogen and oxygen atoms in total. The number of carbonyl (C=O) groups excluding carboxylic acids is 1. The Morgan fingerprint density at radius 2 is 1.74 bits per heavy atom. The van der Waals surface area contributed by atoms with E-state index in [9.17, 15) is 17.6 Å². The molecule has 0 saturated carbocycles. The number of amides is 1. The lowest BCUT2D eigenvalue weighted by Crippen LogP contribution is -2.31. The summed E-state index contributed by atoms with van der Waals surface area (Å²) in [5.74, 6) is -0.371. The number of rotatable bonds is 9. The summed E-state index contributed by atoms with van der Waals surface area (Å²) in [5, 5.41) is 2.62. The molecule has 0 unspecified atom stereocenters. The van der Waals surface area contributed by atoms with Crippen molar-refractivity contribution in [3.8, 4) is 5.75 Å². The minimum absolute atomic E-state index is 0.0144. The summed E-state index contributed by atoms with van der Waals surface area (Å²) in [5.41, 5.74) is 0.399. The summed E-state index contributed by atoms with van der Waals surface area (Å²) in [4.78, 5) is 11.6. The molecule has 0 aliphatic carbocycles. The number of sulfonamides is 1. The van der Waals surface area contributed by atoms with Gasteiger partial charge in [-0.3, -0.25) is 9.10 Å². The van der Waals surface area contributed by atoms with Crippen molar-refractivity contribution < 1.29 is 27.1 Å². The van der Waals surface area contributed by atoms with Crippen molar-refractivity contribution >= 4 is 21.6 Å². The van der Waals surface area contributed by atoms with Gasteiger partial charge in [0.25, 0.3) is 15.9 Å². The largest absolute Gasteiger partial charge is 0.484 e. The summed E-state index contributed by atoms with van der Waals surface area (Å²) in [6.07, 6.45) is 0. The zero-order chi connectivity index (χ0) is 19.9. The van der Waals surface area contributed by atoms with E-state index >= 15 is 0 Å². The van der Waals surface area contributed by atoms with Gasteiger partial charge in [0, 0.05) is 20.7 Å². The Morgan fingerprint density at radius 1 is 1.11 bits per heavy atom.